The number of benzene rings is 2. The van der Waals surface area contributed by atoms with E-state index < -0.39 is 36.3 Å². The van der Waals surface area contributed by atoms with Gasteiger partial charge in [0.05, 0.1) is 6.42 Å². The maximum Gasteiger partial charge on any atom is 0.310 e. The Morgan fingerprint density at radius 2 is 1.81 bits per heavy atom. The molecule has 3 heterocycles. The van der Waals surface area contributed by atoms with Crippen LogP contribution >= 0.6 is 0 Å². The number of carbonyl (C=O) groups is 4. The van der Waals surface area contributed by atoms with E-state index in [0.717, 1.165) is 16.3 Å². The van der Waals surface area contributed by atoms with Crippen molar-refractivity contribution in [3.63, 3.8) is 0 Å². The van der Waals surface area contributed by atoms with Gasteiger partial charge >= 0.3 is 5.97 Å². The number of rotatable bonds is 4. The Kier molecular flexibility index (Phi) is 6.49. The number of amides is 3. The van der Waals surface area contributed by atoms with Crippen LogP contribution in [0.15, 0.2) is 54.1 Å². The summed E-state index contributed by atoms with van der Waals surface area (Å²) in [6.45, 7) is 1.99. The van der Waals surface area contributed by atoms with Gasteiger partial charge in [0, 0.05) is 11.6 Å². The number of carbonyl (C=O) groups excluding carboxylic acids is 4. The van der Waals surface area contributed by atoms with Gasteiger partial charge in [0.2, 0.25) is 18.1 Å². The van der Waals surface area contributed by atoms with E-state index in [-0.39, 0.29) is 24.3 Å². The number of aliphatic hydroxyl groups is 1. The Bertz CT molecular complexity index is 1260. The SMILES string of the molecule is C/C1=C/C[C@H](NC(=O)c2ccc3ccccc3c2)C(=O)N2[C@H](CC[C@H]2C(=O)NC2CC(=O)OC2O)C1. The number of ether oxygens (including phenoxy) is 1. The van der Waals surface area contributed by atoms with Crippen molar-refractivity contribution in [3.05, 3.63) is 59.7 Å². The topological polar surface area (TPSA) is 125 Å². The molecule has 3 aliphatic rings. The second-order valence-corrected chi connectivity index (χ2v) is 9.77. The minimum absolute atomic E-state index is 0.122. The third kappa shape index (κ3) is 4.70. The highest BCUT2D eigenvalue weighted by Gasteiger charge is 2.45. The summed E-state index contributed by atoms with van der Waals surface area (Å²) >= 11 is 0. The average molecular weight is 492 g/mol. The second kappa shape index (κ2) is 9.73. The van der Waals surface area contributed by atoms with Gasteiger partial charge in [0.15, 0.2) is 0 Å². The van der Waals surface area contributed by atoms with E-state index in [1.165, 1.54) is 0 Å². The van der Waals surface area contributed by atoms with Gasteiger partial charge in [-0.15, -0.1) is 0 Å². The molecule has 9 nitrogen and oxygen atoms in total. The van der Waals surface area contributed by atoms with Crippen molar-refractivity contribution in [2.75, 3.05) is 0 Å². The number of cyclic esters (lactones) is 1. The van der Waals surface area contributed by atoms with E-state index in [4.69, 9.17) is 4.74 Å². The van der Waals surface area contributed by atoms with E-state index >= 15 is 0 Å². The summed E-state index contributed by atoms with van der Waals surface area (Å²) in [4.78, 5) is 53.0. The molecule has 3 N–H and O–H groups in total. The molecule has 3 aliphatic heterocycles. The smallest absolute Gasteiger partial charge is 0.310 e. The molecule has 2 aromatic rings. The van der Waals surface area contributed by atoms with Crippen LogP contribution in [-0.2, 0) is 19.1 Å². The maximum absolute atomic E-state index is 13.7. The fourth-order valence-corrected chi connectivity index (χ4v) is 5.37. The molecule has 0 aliphatic carbocycles. The van der Waals surface area contributed by atoms with Gasteiger partial charge in [-0.05, 0) is 55.5 Å². The predicted octanol–water partition coefficient (Wildman–Crippen LogP) is 1.79. The van der Waals surface area contributed by atoms with Crippen molar-refractivity contribution in [2.45, 2.75) is 69.5 Å². The van der Waals surface area contributed by atoms with E-state index in [2.05, 4.69) is 10.6 Å². The Balaban J connectivity index is 1.35. The number of nitrogens with zero attached hydrogens (tertiary/aromatic N) is 1. The zero-order valence-electron chi connectivity index (χ0n) is 20.0. The zero-order chi connectivity index (χ0) is 25.4. The first-order valence-corrected chi connectivity index (χ1v) is 12.3. The van der Waals surface area contributed by atoms with Crippen molar-refractivity contribution < 1.29 is 29.0 Å². The molecule has 2 saturated heterocycles. The van der Waals surface area contributed by atoms with Crippen molar-refractivity contribution in [1.29, 1.82) is 0 Å². The number of fused-ring (bicyclic) bond motifs is 2. The lowest BCUT2D eigenvalue weighted by Crippen LogP contribution is -2.57. The highest BCUT2D eigenvalue weighted by Crippen LogP contribution is 2.32. The molecule has 0 saturated carbocycles. The summed E-state index contributed by atoms with van der Waals surface area (Å²) in [6.07, 6.45) is 2.52. The first-order valence-electron chi connectivity index (χ1n) is 12.3. The molecule has 2 unspecified atom stereocenters. The van der Waals surface area contributed by atoms with Crippen molar-refractivity contribution in [2.24, 2.45) is 0 Å². The highest BCUT2D eigenvalue weighted by molar-refractivity contribution is 6.01. The fourth-order valence-electron chi connectivity index (χ4n) is 5.37. The molecule has 0 spiro atoms. The molecule has 9 heteroatoms. The number of hydrogen-bond donors (Lipinski definition) is 3. The number of aliphatic hydroxyl groups excluding tert-OH is 1. The fraction of sp³-hybridized carbons (Fsp3) is 0.407. The van der Waals surface area contributed by atoms with E-state index in [0.29, 0.717) is 31.2 Å². The van der Waals surface area contributed by atoms with E-state index in [1.54, 1.807) is 17.0 Å². The number of hydrogen-bond acceptors (Lipinski definition) is 6. The molecular formula is C27H29N3O6. The lowest BCUT2D eigenvalue weighted by molar-refractivity contribution is -0.155. The van der Waals surface area contributed by atoms with Crippen molar-refractivity contribution in [1.82, 2.24) is 15.5 Å². The minimum atomic E-state index is -1.40. The van der Waals surface area contributed by atoms with E-state index in [9.17, 15) is 24.3 Å². The first kappa shape index (κ1) is 24.0. The third-order valence-electron chi connectivity index (χ3n) is 7.24. The Morgan fingerprint density at radius 3 is 2.56 bits per heavy atom. The molecule has 2 aromatic carbocycles. The van der Waals surface area contributed by atoms with Crippen LogP contribution in [0.1, 0.15) is 49.4 Å². The zero-order valence-corrected chi connectivity index (χ0v) is 20.0. The normalized spacial score (nSPS) is 29.6. The van der Waals surface area contributed by atoms with Crippen LogP contribution in [0.5, 0.6) is 0 Å². The molecule has 0 bridgehead atoms. The minimum Gasteiger partial charge on any atom is -0.434 e. The average Bonchev–Trinajstić information content (AvgIpc) is 3.41. The molecule has 2 fully saturated rings. The summed E-state index contributed by atoms with van der Waals surface area (Å²) in [5, 5.41) is 17.4. The predicted molar refractivity (Wildman–Crippen MR) is 130 cm³/mol. The second-order valence-electron chi connectivity index (χ2n) is 9.77. The molecule has 36 heavy (non-hydrogen) atoms. The van der Waals surface area contributed by atoms with Gasteiger partial charge in [-0.3, -0.25) is 19.2 Å². The highest BCUT2D eigenvalue weighted by atomic mass is 16.6. The summed E-state index contributed by atoms with van der Waals surface area (Å²) in [6, 6.07) is 10.5. The Morgan fingerprint density at radius 1 is 1.03 bits per heavy atom. The quantitative estimate of drug-likeness (QED) is 0.442. The molecule has 0 radical (unpaired) electrons. The van der Waals surface area contributed by atoms with Crippen LogP contribution in [0.3, 0.4) is 0 Å². The molecule has 188 valence electrons. The lowest BCUT2D eigenvalue weighted by atomic mass is 9.98. The summed E-state index contributed by atoms with van der Waals surface area (Å²) < 4.78 is 4.71. The first-order chi connectivity index (χ1) is 17.3. The van der Waals surface area contributed by atoms with Crippen LogP contribution in [0.4, 0.5) is 0 Å². The van der Waals surface area contributed by atoms with Crippen molar-refractivity contribution in [3.8, 4) is 0 Å². The van der Waals surface area contributed by atoms with Crippen LogP contribution in [0.25, 0.3) is 10.8 Å². The van der Waals surface area contributed by atoms with Gasteiger partial charge in [0.1, 0.15) is 18.1 Å². The van der Waals surface area contributed by atoms with Gasteiger partial charge in [-0.25, -0.2) is 0 Å². The largest absolute Gasteiger partial charge is 0.434 e. The van der Waals surface area contributed by atoms with Gasteiger partial charge in [-0.1, -0.05) is 42.0 Å². The van der Waals surface area contributed by atoms with Gasteiger partial charge < -0.3 is 25.4 Å². The van der Waals surface area contributed by atoms with Crippen LogP contribution in [-0.4, -0.2) is 64.2 Å². The molecule has 3 amide bonds. The molecule has 0 aromatic heterocycles. The molecule has 5 atom stereocenters. The summed E-state index contributed by atoms with van der Waals surface area (Å²) in [7, 11) is 0. The third-order valence-corrected chi connectivity index (χ3v) is 7.24. The van der Waals surface area contributed by atoms with Gasteiger partial charge in [-0.2, -0.15) is 0 Å². The number of nitrogens with one attached hydrogen (secondary N) is 2. The molecule has 5 rings (SSSR count). The monoisotopic (exact) mass is 491 g/mol. The Hall–Kier alpha value is -3.72. The van der Waals surface area contributed by atoms with Gasteiger partial charge in [0.25, 0.3) is 5.91 Å². The molecular weight excluding hydrogens is 462 g/mol. The number of esters is 1. The standard InChI is InChI=1S/C27H29N3O6/c1-15-6-10-20(28-24(32)18-8-7-16-4-2-3-5-17(16)13-18)26(34)30-19(12-15)9-11-22(30)25(33)29-21-14-23(31)36-27(21)35/h2-8,13,19-22,27,35H,9-12,14H2,1H3,(H,28,32)(H,29,33)/b15-6-/t19-,20+,21?,22+,27?/m1/s1. The summed E-state index contributed by atoms with van der Waals surface area (Å²) in [5.74, 6) is -1.69. The van der Waals surface area contributed by atoms with E-state index in [1.807, 2.05) is 43.3 Å². The van der Waals surface area contributed by atoms with Crippen LogP contribution in [0.2, 0.25) is 0 Å². The lowest BCUT2D eigenvalue weighted by Gasteiger charge is -2.35. The Labute approximate surface area is 208 Å². The summed E-state index contributed by atoms with van der Waals surface area (Å²) in [5.41, 5.74) is 1.55. The van der Waals surface area contributed by atoms with Crippen LogP contribution < -0.4 is 10.6 Å². The van der Waals surface area contributed by atoms with Crippen molar-refractivity contribution >= 4 is 34.5 Å². The van der Waals surface area contributed by atoms with Crippen LogP contribution in [0, 0.1) is 0 Å². The maximum atomic E-state index is 13.7.